The van der Waals surface area contributed by atoms with Crippen molar-refractivity contribution < 1.29 is 8.60 Å². The summed E-state index contributed by atoms with van der Waals surface area (Å²) in [7, 11) is 4.52. The fourth-order valence-electron chi connectivity index (χ4n) is 4.03. The van der Waals surface area contributed by atoms with Crippen molar-refractivity contribution in [2.75, 3.05) is 48.8 Å². The highest BCUT2D eigenvalue weighted by molar-refractivity contribution is 8.00. The molecule has 0 radical (unpaired) electrons. The first-order valence-electron chi connectivity index (χ1n) is 11.0. The summed E-state index contributed by atoms with van der Waals surface area (Å²) in [5.41, 5.74) is 2.69. The Bertz CT molecular complexity index is 1160. The van der Waals surface area contributed by atoms with E-state index < -0.39 is 11.0 Å². The number of benzene rings is 3. The number of likely N-dealkylation sites (N-methyl/N-ethyl adjacent to an activating group) is 1. The summed E-state index contributed by atoms with van der Waals surface area (Å²) >= 11 is 7.43. The van der Waals surface area contributed by atoms with Crippen LogP contribution in [0.3, 0.4) is 0 Å². The summed E-state index contributed by atoms with van der Waals surface area (Å²) in [6, 6.07) is 21.0. The quantitative estimate of drug-likeness (QED) is 0.376. The second-order valence-electron chi connectivity index (χ2n) is 8.35. The predicted octanol–water partition coefficient (Wildman–Crippen LogP) is 5.90. The normalized spacial score (nSPS) is 16.6. The summed E-state index contributed by atoms with van der Waals surface area (Å²) < 4.78 is 31.8. The average Bonchev–Trinajstić information content (AvgIpc) is 3.32. The minimum atomic E-state index is -1.15. The van der Waals surface area contributed by atoms with Crippen LogP contribution in [0, 0.1) is 5.82 Å². The molecule has 4 rings (SSSR count). The van der Waals surface area contributed by atoms with Crippen LogP contribution in [0.1, 0.15) is 6.42 Å². The third-order valence-corrected chi connectivity index (χ3v) is 8.29. The number of hydrogen-bond acceptors (Lipinski definition) is 5. The zero-order chi connectivity index (χ0) is 24.2. The van der Waals surface area contributed by atoms with Gasteiger partial charge in [-0.25, -0.2) is 12.9 Å². The largest absolute Gasteiger partial charge is 0.368 e. The molecule has 0 spiro atoms. The summed E-state index contributed by atoms with van der Waals surface area (Å²) in [5, 5.41) is 0.409. The van der Waals surface area contributed by atoms with Gasteiger partial charge in [0.15, 0.2) is 0 Å². The fraction of sp³-hybridized carbons (Fsp3) is 0.280. The van der Waals surface area contributed by atoms with Crippen LogP contribution in [-0.2, 0) is 11.0 Å². The number of para-hydroxylation sites is 2. The molecule has 1 saturated heterocycles. The van der Waals surface area contributed by atoms with E-state index in [0.717, 1.165) is 40.7 Å². The highest BCUT2D eigenvalue weighted by Crippen LogP contribution is 2.34. The van der Waals surface area contributed by atoms with E-state index in [9.17, 15) is 8.60 Å². The summed E-state index contributed by atoms with van der Waals surface area (Å²) in [6.45, 7) is 1.53. The molecule has 5 nitrogen and oxygen atoms in total. The monoisotopic (exact) mass is 518 g/mol. The van der Waals surface area contributed by atoms with Gasteiger partial charge in [0.1, 0.15) is 16.8 Å². The van der Waals surface area contributed by atoms with Gasteiger partial charge < -0.3 is 14.5 Å². The predicted molar refractivity (Wildman–Crippen MR) is 143 cm³/mol. The number of hydrogen-bond donors (Lipinski definition) is 1. The van der Waals surface area contributed by atoms with E-state index in [1.54, 1.807) is 30.5 Å². The molecule has 2 atom stereocenters. The van der Waals surface area contributed by atoms with Crippen molar-refractivity contribution in [1.82, 2.24) is 4.31 Å². The second kappa shape index (κ2) is 11.0. The summed E-state index contributed by atoms with van der Waals surface area (Å²) in [4.78, 5) is 6.15. The Morgan fingerprint density at radius 1 is 1.09 bits per heavy atom. The lowest BCUT2D eigenvalue weighted by Gasteiger charge is -2.29. The molecule has 1 fully saturated rings. The Balaban J connectivity index is 1.42. The number of nitrogens with zero attached hydrogens (tertiary/aromatic N) is 3. The number of anilines is 3. The molecule has 0 bridgehead atoms. The van der Waals surface area contributed by atoms with Crippen molar-refractivity contribution in [3.63, 3.8) is 0 Å². The van der Waals surface area contributed by atoms with Crippen LogP contribution in [0.25, 0.3) is 0 Å². The van der Waals surface area contributed by atoms with E-state index in [4.69, 9.17) is 11.6 Å². The van der Waals surface area contributed by atoms with Gasteiger partial charge in [0.05, 0.1) is 22.0 Å². The third kappa shape index (κ3) is 5.68. The molecule has 3 aromatic rings. The molecule has 2 unspecified atom stereocenters. The van der Waals surface area contributed by atoms with Gasteiger partial charge in [-0.3, -0.25) is 0 Å². The van der Waals surface area contributed by atoms with Crippen molar-refractivity contribution in [1.29, 1.82) is 0 Å². The maximum absolute atomic E-state index is 14.4. The molecule has 1 heterocycles. The van der Waals surface area contributed by atoms with Crippen LogP contribution in [0.15, 0.2) is 76.5 Å². The molecule has 0 aromatic heterocycles. The van der Waals surface area contributed by atoms with Gasteiger partial charge in [0.2, 0.25) is 0 Å². The molecule has 1 aliphatic heterocycles. The molecule has 1 N–H and O–H groups in total. The van der Waals surface area contributed by atoms with Crippen molar-refractivity contribution in [3.8, 4) is 0 Å². The van der Waals surface area contributed by atoms with Crippen LogP contribution >= 0.6 is 23.5 Å². The molecule has 0 saturated carbocycles. The fourth-order valence-corrected chi connectivity index (χ4v) is 5.65. The Morgan fingerprint density at radius 2 is 1.82 bits per heavy atom. The second-order valence-corrected chi connectivity index (χ2v) is 11.4. The van der Waals surface area contributed by atoms with Gasteiger partial charge in [-0.1, -0.05) is 23.7 Å². The Labute approximate surface area is 212 Å². The van der Waals surface area contributed by atoms with Crippen LogP contribution in [0.4, 0.5) is 21.5 Å². The lowest BCUT2D eigenvalue weighted by atomic mass is 10.2. The first kappa shape index (κ1) is 24.9. The third-order valence-electron chi connectivity index (χ3n) is 5.88. The van der Waals surface area contributed by atoms with E-state index in [-0.39, 0.29) is 11.9 Å². The summed E-state index contributed by atoms with van der Waals surface area (Å²) in [5.74, 6) is -0.283. The van der Waals surface area contributed by atoms with Crippen molar-refractivity contribution >= 4 is 51.6 Å². The van der Waals surface area contributed by atoms with Gasteiger partial charge in [-0.05, 0) is 87.1 Å². The molecule has 1 aliphatic rings. The van der Waals surface area contributed by atoms with Crippen LogP contribution in [-0.4, -0.2) is 48.8 Å². The van der Waals surface area contributed by atoms with E-state index >= 15 is 0 Å². The van der Waals surface area contributed by atoms with Gasteiger partial charge in [-0.2, -0.15) is 0 Å². The smallest absolute Gasteiger partial charge is 0.147 e. The average molecular weight is 519 g/mol. The molecule has 0 amide bonds. The molecule has 9 heteroatoms. The van der Waals surface area contributed by atoms with E-state index in [1.807, 2.05) is 36.4 Å². The zero-order valence-electron chi connectivity index (χ0n) is 19.4. The van der Waals surface area contributed by atoms with Crippen LogP contribution in [0.5, 0.6) is 0 Å². The number of halogens is 2. The standard InChI is InChI=1S/C25H28ClFN4OS2/c1-29(2)34(32)21-11-9-20(10-12-21)33-28-23-6-4-5-7-25(23)30(3)19-14-15-31(17-19)24-13-8-18(26)16-22(24)27/h4-13,16,19,28H,14-15,17H2,1-3H3. The van der Waals surface area contributed by atoms with Crippen molar-refractivity contribution in [2.24, 2.45) is 0 Å². The zero-order valence-corrected chi connectivity index (χ0v) is 21.8. The minimum Gasteiger partial charge on any atom is -0.368 e. The molecule has 180 valence electrons. The highest BCUT2D eigenvalue weighted by atomic mass is 35.5. The van der Waals surface area contributed by atoms with Crippen LogP contribution in [0.2, 0.25) is 5.02 Å². The molecular formula is C25H28ClFN4OS2. The Morgan fingerprint density at radius 3 is 2.53 bits per heavy atom. The molecule has 0 aliphatic carbocycles. The molecule has 34 heavy (non-hydrogen) atoms. The lowest BCUT2D eigenvalue weighted by molar-refractivity contribution is 0.602. The summed E-state index contributed by atoms with van der Waals surface area (Å²) in [6.07, 6.45) is 0.935. The first-order chi connectivity index (χ1) is 16.3. The highest BCUT2D eigenvalue weighted by Gasteiger charge is 2.28. The Hall–Kier alpha value is -2.26. The minimum absolute atomic E-state index is 0.253. The van der Waals surface area contributed by atoms with Gasteiger partial charge in [0, 0.05) is 36.1 Å². The Kier molecular flexibility index (Phi) is 8.03. The maximum atomic E-state index is 14.4. The van der Waals surface area contributed by atoms with Crippen molar-refractivity contribution in [2.45, 2.75) is 22.3 Å². The SMILES string of the molecule is CN(c1ccccc1NSc1ccc(S(=O)N(C)C)cc1)C1CCN(c2ccc(Cl)cc2F)C1. The van der Waals surface area contributed by atoms with E-state index in [1.165, 1.54) is 18.0 Å². The molecule has 3 aromatic carbocycles. The van der Waals surface area contributed by atoms with Gasteiger partial charge >= 0.3 is 0 Å². The van der Waals surface area contributed by atoms with Gasteiger partial charge in [0.25, 0.3) is 0 Å². The maximum Gasteiger partial charge on any atom is 0.147 e. The molecular weight excluding hydrogens is 491 g/mol. The van der Waals surface area contributed by atoms with E-state index in [0.29, 0.717) is 10.7 Å². The van der Waals surface area contributed by atoms with Gasteiger partial charge in [-0.15, -0.1) is 0 Å². The van der Waals surface area contributed by atoms with Crippen LogP contribution < -0.4 is 14.5 Å². The first-order valence-corrected chi connectivity index (χ1v) is 13.3. The number of rotatable bonds is 8. The topological polar surface area (TPSA) is 38.8 Å². The number of nitrogens with one attached hydrogen (secondary N) is 1. The lowest BCUT2D eigenvalue weighted by Crippen LogP contribution is -2.35. The van der Waals surface area contributed by atoms with Crippen molar-refractivity contribution in [3.05, 3.63) is 77.6 Å². The van der Waals surface area contributed by atoms with E-state index in [2.05, 4.69) is 33.7 Å².